The fraction of sp³-hybridized carbons (Fsp3) is 0.688. The lowest BCUT2D eigenvalue weighted by molar-refractivity contribution is 0.354. The summed E-state index contributed by atoms with van der Waals surface area (Å²) in [5.41, 5.74) is 2.61. The summed E-state index contributed by atoms with van der Waals surface area (Å²) in [6.07, 6.45) is 9.85. The third-order valence-corrected chi connectivity index (χ3v) is 4.16. The first-order valence-corrected chi connectivity index (χ1v) is 7.45. The highest BCUT2D eigenvalue weighted by atomic mass is 14.9. The summed E-state index contributed by atoms with van der Waals surface area (Å²) in [6, 6.07) is 4.83. The van der Waals surface area contributed by atoms with Gasteiger partial charge in [-0.1, -0.05) is 25.8 Å². The molecular formula is C16H26N2. The van der Waals surface area contributed by atoms with Crippen molar-refractivity contribution in [2.45, 2.75) is 58.4 Å². The summed E-state index contributed by atoms with van der Waals surface area (Å²) in [5.74, 6) is 0.859. The van der Waals surface area contributed by atoms with E-state index in [2.05, 4.69) is 30.2 Å². The number of hydrogen-bond acceptors (Lipinski definition) is 2. The summed E-state index contributed by atoms with van der Waals surface area (Å²) in [4.78, 5) is 4.56. The summed E-state index contributed by atoms with van der Waals surface area (Å²) in [6.45, 7) is 5.55. The molecule has 100 valence electrons. The van der Waals surface area contributed by atoms with Gasteiger partial charge in [-0.15, -0.1) is 0 Å². The van der Waals surface area contributed by atoms with Crippen molar-refractivity contribution in [2.24, 2.45) is 5.92 Å². The van der Waals surface area contributed by atoms with Gasteiger partial charge in [0, 0.05) is 24.4 Å². The van der Waals surface area contributed by atoms with Crippen LogP contribution in [0, 0.1) is 12.8 Å². The first kappa shape index (κ1) is 13.5. The Morgan fingerprint density at radius 3 is 2.83 bits per heavy atom. The number of hydrogen-bond donors (Lipinski definition) is 1. The number of nitrogens with one attached hydrogen (secondary N) is 1. The second-order valence-electron chi connectivity index (χ2n) is 5.58. The quantitative estimate of drug-likeness (QED) is 0.831. The molecule has 0 saturated heterocycles. The molecule has 0 aromatic carbocycles. The molecule has 2 heteroatoms. The van der Waals surface area contributed by atoms with Crippen molar-refractivity contribution in [3.05, 3.63) is 29.6 Å². The summed E-state index contributed by atoms with van der Waals surface area (Å²) >= 11 is 0. The summed E-state index contributed by atoms with van der Waals surface area (Å²) < 4.78 is 0. The first-order valence-electron chi connectivity index (χ1n) is 7.45. The average Bonchev–Trinajstić information content (AvgIpc) is 2.90. The van der Waals surface area contributed by atoms with Crippen LogP contribution in [0.25, 0.3) is 0 Å². The Bertz CT molecular complexity index is 356. The van der Waals surface area contributed by atoms with E-state index in [1.54, 1.807) is 0 Å². The van der Waals surface area contributed by atoms with Crippen LogP contribution in [-0.2, 0) is 6.42 Å². The van der Waals surface area contributed by atoms with E-state index in [-0.39, 0.29) is 0 Å². The van der Waals surface area contributed by atoms with Gasteiger partial charge in [0.25, 0.3) is 0 Å². The lowest BCUT2D eigenvalue weighted by Crippen LogP contribution is -2.38. The van der Waals surface area contributed by atoms with Crippen LogP contribution >= 0.6 is 0 Å². The number of pyridine rings is 1. The fourth-order valence-corrected chi connectivity index (χ4v) is 3.04. The van der Waals surface area contributed by atoms with Gasteiger partial charge in [0.15, 0.2) is 0 Å². The van der Waals surface area contributed by atoms with Crippen LogP contribution in [-0.4, -0.2) is 17.6 Å². The van der Waals surface area contributed by atoms with Crippen LogP contribution in [0.15, 0.2) is 18.3 Å². The largest absolute Gasteiger partial charge is 0.313 e. The van der Waals surface area contributed by atoms with Crippen molar-refractivity contribution in [2.75, 3.05) is 6.54 Å². The molecule has 1 fully saturated rings. The minimum absolute atomic E-state index is 0.626. The molecule has 0 radical (unpaired) electrons. The normalized spacial score (nSPS) is 18.1. The van der Waals surface area contributed by atoms with E-state index in [1.165, 1.54) is 43.4 Å². The van der Waals surface area contributed by atoms with Gasteiger partial charge in [-0.25, -0.2) is 0 Å². The van der Waals surface area contributed by atoms with Gasteiger partial charge in [0.1, 0.15) is 0 Å². The van der Waals surface area contributed by atoms with Crippen LogP contribution in [0.3, 0.4) is 0 Å². The molecule has 1 aliphatic rings. The van der Waals surface area contributed by atoms with E-state index in [0.29, 0.717) is 6.04 Å². The maximum absolute atomic E-state index is 4.56. The predicted molar refractivity (Wildman–Crippen MR) is 76.7 cm³/mol. The Balaban J connectivity index is 2.02. The van der Waals surface area contributed by atoms with Crippen molar-refractivity contribution in [1.82, 2.24) is 10.3 Å². The minimum atomic E-state index is 0.626. The average molecular weight is 246 g/mol. The van der Waals surface area contributed by atoms with E-state index < -0.39 is 0 Å². The SMILES string of the molecule is CCCNC(Cc1ncccc1C)C1CCCC1. The molecular weight excluding hydrogens is 220 g/mol. The van der Waals surface area contributed by atoms with E-state index in [0.717, 1.165) is 18.9 Å². The summed E-state index contributed by atoms with van der Waals surface area (Å²) in [7, 11) is 0. The van der Waals surface area contributed by atoms with Gasteiger partial charge >= 0.3 is 0 Å². The van der Waals surface area contributed by atoms with Crippen LogP contribution in [0.5, 0.6) is 0 Å². The van der Waals surface area contributed by atoms with Gasteiger partial charge in [-0.3, -0.25) is 4.98 Å². The molecule has 1 atom stereocenters. The monoisotopic (exact) mass is 246 g/mol. The van der Waals surface area contributed by atoms with Crippen molar-refractivity contribution in [3.8, 4) is 0 Å². The maximum Gasteiger partial charge on any atom is 0.0448 e. The molecule has 1 aromatic rings. The molecule has 1 aromatic heterocycles. The van der Waals surface area contributed by atoms with Crippen LogP contribution in [0.2, 0.25) is 0 Å². The number of aromatic nitrogens is 1. The first-order chi connectivity index (χ1) is 8.81. The molecule has 1 unspecified atom stereocenters. The van der Waals surface area contributed by atoms with Crippen molar-refractivity contribution in [1.29, 1.82) is 0 Å². The molecule has 1 aliphatic carbocycles. The zero-order valence-electron chi connectivity index (χ0n) is 11.8. The minimum Gasteiger partial charge on any atom is -0.313 e. The molecule has 1 N–H and O–H groups in total. The summed E-state index contributed by atoms with van der Waals surface area (Å²) in [5, 5.41) is 3.75. The van der Waals surface area contributed by atoms with E-state index >= 15 is 0 Å². The Morgan fingerprint density at radius 1 is 1.39 bits per heavy atom. The van der Waals surface area contributed by atoms with Crippen molar-refractivity contribution >= 4 is 0 Å². The van der Waals surface area contributed by atoms with E-state index in [9.17, 15) is 0 Å². The Morgan fingerprint density at radius 2 is 2.17 bits per heavy atom. The highest BCUT2D eigenvalue weighted by molar-refractivity contribution is 5.18. The van der Waals surface area contributed by atoms with Crippen LogP contribution in [0.1, 0.15) is 50.3 Å². The van der Waals surface area contributed by atoms with E-state index in [4.69, 9.17) is 0 Å². The highest BCUT2D eigenvalue weighted by Crippen LogP contribution is 2.29. The number of nitrogens with zero attached hydrogens (tertiary/aromatic N) is 1. The second-order valence-corrected chi connectivity index (χ2v) is 5.58. The smallest absolute Gasteiger partial charge is 0.0448 e. The third-order valence-electron chi connectivity index (χ3n) is 4.16. The standard InChI is InChI=1S/C16H26N2/c1-3-10-17-16(14-8-4-5-9-14)12-15-13(2)7-6-11-18-15/h6-7,11,14,16-17H,3-5,8-10,12H2,1-2H3. The van der Waals surface area contributed by atoms with Crippen molar-refractivity contribution < 1.29 is 0 Å². The molecule has 0 spiro atoms. The predicted octanol–water partition coefficient (Wildman–Crippen LogP) is 3.49. The Hall–Kier alpha value is -0.890. The molecule has 0 aliphatic heterocycles. The van der Waals surface area contributed by atoms with Crippen LogP contribution < -0.4 is 5.32 Å². The Labute approximate surface area is 111 Å². The van der Waals surface area contributed by atoms with Gasteiger partial charge in [-0.2, -0.15) is 0 Å². The molecule has 0 bridgehead atoms. The van der Waals surface area contributed by atoms with Gasteiger partial charge in [-0.05, 0) is 50.3 Å². The topological polar surface area (TPSA) is 24.9 Å². The van der Waals surface area contributed by atoms with Gasteiger partial charge < -0.3 is 5.32 Å². The number of rotatable bonds is 6. The zero-order valence-corrected chi connectivity index (χ0v) is 11.8. The molecule has 0 amide bonds. The zero-order chi connectivity index (χ0) is 12.8. The molecule has 1 heterocycles. The van der Waals surface area contributed by atoms with Gasteiger partial charge in [0.2, 0.25) is 0 Å². The fourth-order valence-electron chi connectivity index (χ4n) is 3.04. The number of aryl methyl sites for hydroxylation is 1. The molecule has 2 rings (SSSR count). The van der Waals surface area contributed by atoms with E-state index in [1.807, 2.05) is 12.3 Å². The Kier molecular flexibility index (Phi) is 5.18. The highest BCUT2D eigenvalue weighted by Gasteiger charge is 2.25. The maximum atomic E-state index is 4.56. The van der Waals surface area contributed by atoms with Gasteiger partial charge in [0.05, 0.1) is 0 Å². The van der Waals surface area contributed by atoms with Crippen LogP contribution in [0.4, 0.5) is 0 Å². The molecule has 18 heavy (non-hydrogen) atoms. The second kappa shape index (κ2) is 6.89. The lowest BCUT2D eigenvalue weighted by atomic mass is 9.92. The molecule has 2 nitrogen and oxygen atoms in total. The molecule has 1 saturated carbocycles. The van der Waals surface area contributed by atoms with Crippen molar-refractivity contribution in [3.63, 3.8) is 0 Å². The third kappa shape index (κ3) is 3.55. The lowest BCUT2D eigenvalue weighted by Gasteiger charge is -2.25.